The number of hydrogen-bond donors (Lipinski definition) is 1. The fourth-order valence-electron chi connectivity index (χ4n) is 2.93. The number of nitrogens with two attached hydrogens (primary N) is 1. The van der Waals surface area contributed by atoms with Gasteiger partial charge in [0.1, 0.15) is 0 Å². The maximum Gasteiger partial charge on any atom is 0.231 e. The Kier molecular flexibility index (Phi) is 2.60. The zero-order valence-electron chi connectivity index (χ0n) is 9.88. The molecule has 1 aliphatic heterocycles. The van der Waals surface area contributed by atoms with Crippen molar-refractivity contribution in [3.63, 3.8) is 0 Å². The second kappa shape index (κ2) is 3.89. The molecule has 1 aromatic rings. The molecular formula is C13H16BrNO2. The normalized spacial score (nSPS) is 20.2. The summed E-state index contributed by atoms with van der Waals surface area (Å²) < 4.78 is 12.0. The molecule has 1 heterocycles. The van der Waals surface area contributed by atoms with Crippen molar-refractivity contribution in [2.45, 2.75) is 31.6 Å². The average Bonchev–Trinajstić information content (AvgIpc) is 2.69. The summed E-state index contributed by atoms with van der Waals surface area (Å²) in [5, 5.41) is 0. The van der Waals surface area contributed by atoms with Gasteiger partial charge >= 0.3 is 0 Å². The van der Waals surface area contributed by atoms with E-state index >= 15 is 0 Å². The molecule has 17 heavy (non-hydrogen) atoms. The van der Waals surface area contributed by atoms with Crippen molar-refractivity contribution in [2.75, 3.05) is 13.3 Å². The molecule has 92 valence electrons. The van der Waals surface area contributed by atoms with Crippen LogP contribution in [0.4, 0.5) is 0 Å². The monoisotopic (exact) mass is 297 g/mol. The number of rotatable bonds is 2. The summed E-state index contributed by atoms with van der Waals surface area (Å²) in [6, 6.07) is 2.07. The molecule has 3 rings (SSSR count). The van der Waals surface area contributed by atoms with Crippen molar-refractivity contribution in [3.05, 3.63) is 21.7 Å². The summed E-state index contributed by atoms with van der Waals surface area (Å²) in [5.41, 5.74) is 8.69. The summed E-state index contributed by atoms with van der Waals surface area (Å²) in [7, 11) is 0. The SMILES string of the molecule is Cc1cc2c(c(Br)c1C1(CN)CCC1)OCO2. The van der Waals surface area contributed by atoms with E-state index in [0.717, 1.165) is 16.0 Å². The van der Waals surface area contributed by atoms with Crippen LogP contribution in [0.3, 0.4) is 0 Å². The van der Waals surface area contributed by atoms with E-state index in [1.807, 2.05) is 0 Å². The second-order valence-corrected chi connectivity index (χ2v) is 5.75. The van der Waals surface area contributed by atoms with Crippen LogP contribution in [-0.2, 0) is 5.41 Å². The van der Waals surface area contributed by atoms with Crippen LogP contribution in [0.25, 0.3) is 0 Å². The van der Waals surface area contributed by atoms with Gasteiger partial charge in [0, 0.05) is 12.0 Å². The highest BCUT2D eigenvalue weighted by molar-refractivity contribution is 9.10. The van der Waals surface area contributed by atoms with Gasteiger partial charge in [-0.3, -0.25) is 0 Å². The summed E-state index contributed by atoms with van der Waals surface area (Å²) in [5.74, 6) is 1.68. The van der Waals surface area contributed by atoms with Gasteiger partial charge in [0.15, 0.2) is 11.5 Å². The lowest BCUT2D eigenvalue weighted by Crippen LogP contribution is -2.42. The first kappa shape index (κ1) is 11.4. The Balaban J connectivity index is 2.17. The van der Waals surface area contributed by atoms with E-state index in [1.165, 1.54) is 30.4 Å². The Morgan fingerprint density at radius 3 is 2.76 bits per heavy atom. The highest BCUT2D eigenvalue weighted by Gasteiger charge is 2.41. The van der Waals surface area contributed by atoms with E-state index in [9.17, 15) is 0 Å². The smallest absolute Gasteiger partial charge is 0.231 e. The maximum absolute atomic E-state index is 5.99. The molecule has 1 aliphatic carbocycles. The first-order valence-corrected chi connectivity index (χ1v) is 6.76. The third-order valence-corrected chi connectivity index (χ3v) is 4.79. The summed E-state index contributed by atoms with van der Waals surface area (Å²) in [6.07, 6.45) is 3.60. The number of hydrogen-bond acceptors (Lipinski definition) is 3. The van der Waals surface area contributed by atoms with Crippen LogP contribution in [0.2, 0.25) is 0 Å². The lowest BCUT2D eigenvalue weighted by atomic mass is 9.63. The molecule has 0 saturated heterocycles. The lowest BCUT2D eigenvalue weighted by Gasteiger charge is -2.43. The van der Waals surface area contributed by atoms with Crippen molar-refractivity contribution in [3.8, 4) is 11.5 Å². The van der Waals surface area contributed by atoms with Crippen LogP contribution >= 0.6 is 15.9 Å². The van der Waals surface area contributed by atoms with Crippen LogP contribution in [-0.4, -0.2) is 13.3 Å². The molecule has 3 nitrogen and oxygen atoms in total. The molecule has 0 bridgehead atoms. The number of fused-ring (bicyclic) bond motifs is 1. The Morgan fingerprint density at radius 2 is 2.18 bits per heavy atom. The minimum atomic E-state index is 0.143. The van der Waals surface area contributed by atoms with Crippen LogP contribution in [0, 0.1) is 6.92 Å². The predicted molar refractivity (Wildman–Crippen MR) is 69.6 cm³/mol. The van der Waals surface area contributed by atoms with Crippen molar-refractivity contribution < 1.29 is 9.47 Å². The molecule has 0 amide bonds. The predicted octanol–water partition coefficient (Wildman–Crippen LogP) is 2.87. The van der Waals surface area contributed by atoms with Gasteiger partial charge in [0.05, 0.1) is 4.47 Å². The fourth-order valence-corrected chi connectivity index (χ4v) is 3.98. The van der Waals surface area contributed by atoms with Crippen molar-refractivity contribution in [1.82, 2.24) is 0 Å². The van der Waals surface area contributed by atoms with Gasteiger partial charge < -0.3 is 15.2 Å². The Morgan fingerprint density at radius 1 is 1.41 bits per heavy atom. The van der Waals surface area contributed by atoms with Gasteiger partial charge in [-0.1, -0.05) is 6.42 Å². The molecular weight excluding hydrogens is 282 g/mol. The fraction of sp³-hybridized carbons (Fsp3) is 0.538. The van der Waals surface area contributed by atoms with E-state index < -0.39 is 0 Å². The zero-order chi connectivity index (χ0) is 12.0. The van der Waals surface area contributed by atoms with Gasteiger partial charge in [-0.15, -0.1) is 0 Å². The molecule has 0 aromatic heterocycles. The van der Waals surface area contributed by atoms with E-state index in [4.69, 9.17) is 15.2 Å². The standard InChI is InChI=1S/C13H16BrNO2/c1-8-5-9-12(17-7-16-9)11(14)10(8)13(6-15)3-2-4-13/h5H,2-4,6-7,15H2,1H3. The summed E-state index contributed by atoms with van der Waals surface area (Å²) >= 11 is 3.67. The van der Waals surface area contributed by atoms with Crippen LogP contribution in [0.15, 0.2) is 10.5 Å². The first-order valence-electron chi connectivity index (χ1n) is 5.97. The molecule has 2 N–H and O–H groups in total. The van der Waals surface area contributed by atoms with Crippen molar-refractivity contribution in [1.29, 1.82) is 0 Å². The molecule has 0 atom stereocenters. The van der Waals surface area contributed by atoms with Gasteiger partial charge in [-0.05, 0) is 52.9 Å². The third kappa shape index (κ3) is 1.50. The minimum Gasteiger partial charge on any atom is -0.454 e. The van der Waals surface area contributed by atoms with Gasteiger partial charge in [0.2, 0.25) is 6.79 Å². The van der Waals surface area contributed by atoms with E-state index in [0.29, 0.717) is 13.3 Å². The summed E-state index contributed by atoms with van der Waals surface area (Å²) in [6.45, 7) is 3.14. The van der Waals surface area contributed by atoms with Crippen molar-refractivity contribution in [2.24, 2.45) is 5.73 Å². The first-order chi connectivity index (χ1) is 8.18. The number of ether oxygens (including phenoxy) is 2. The average molecular weight is 298 g/mol. The molecule has 1 aromatic carbocycles. The Labute approximate surface area is 109 Å². The molecule has 0 radical (unpaired) electrons. The third-order valence-electron chi connectivity index (χ3n) is 4.03. The molecule has 1 saturated carbocycles. The van der Waals surface area contributed by atoms with E-state index in [2.05, 4.69) is 28.9 Å². The summed E-state index contributed by atoms with van der Waals surface area (Å²) in [4.78, 5) is 0. The molecule has 1 fully saturated rings. The minimum absolute atomic E-state index is 0.143. The largest absolute Gasteiger partial charge is 0.454 e. The molecule has 0 unspecified atom stereocenters. The number of aryl methyl sites for hydroxylation is 1. The van der Waals surface area contributed by atoms with Gasteiger partial charge in [-0.25, -0.2) is 0 Å². The Hall–Kier alpha value is -0.740. The molecule has 0 spiro atoms. The number of halogens is 1. The lowest BCUT2D eigenvalue weighted by molar-refractivity contribution is 0.173. The van der Waals surface area contributed by atoms with Crippen molar-refractivity contribution >= 4 is 15.9 Å². The zero-order valence-corrected chi connectivity index (χ0v) is 11.5. The van der Waals surface area contributed by atoms with E-state index in [1.54, 1.807) is 0 Å². The quantitative estimate of drug-likeness (QED) is 0.913. The second-order valence-electron chi connectivity index (χ2n) is 4.95. The Bertz CT molecular complexity index is 463. The van der Waals surface area contributed by atoms with Crippen LogP contribution < -0.4 is 15.2 Å². The topological polar surface area (TPSA) is 44.5 Å². The van der Waals surface area contributed by atoms with Crippen LogP contribution in [0.5, 0.6) is 11.5 Å². The van der Waals surface area contributed by atoms with Gasteiger partial charge in [-0.2, -0.15) is 0 Å². The highest BCUT2D eigenvalue weighted by atomic mass is 79.9. The molecule has 2 aliphatic rings. The molecule has 4 heteroatoms. The number of benzene rings is 1. The highest BCUT2D eigenvalue weighted by Crippen LogP contribution is 2.52. The van der Waals surface area contributed by atoms with Gasteiger partial charge in [0.25, 0.3) is 0 Å². The maximum atomic E-state index is 5.99. The van der Waals surface area contributed by atoms with Crippen LogP contribution in [0.1, 0.15) is 30.4 Å². The van der Waals surface area contributed by atoms with E-state index in [-0.39, 0.29) is 5.41 Å².